The number of carbonyl (C=O) groups excluding carboxylic acids is 1. The maximum Gasteiger partial charge on any atom is 0.421 e. The minimum atomic E-state index is -0.675. The Morgan fingerprint density at radius 2 is 2.33 bits per heavy atom. The topological polar surface area (TPSA) is 84.6 Å². The van der Waals surface area contributed by atoms with Gasteiger partial charge in [-0.05, 0) is 13.3 Å². The Morgan fingerprint density at radius 1 is 1.75 bits per heavy atom. The van der Waals surface area contributed by atoms with E-state index in [9.17, 15) is 9.90 Å². The van der Waals surface area contributed by atoms with E-state index in [4.69, 9.17) is 10.6 Å². The van der Waals surface area contributed by atoms with Gasteiger partial charge in [0.1, 0.15) is 6.10 Å². The molecule has 0 spiro atoms. The SMILES string of the molecule is CCC(O)CC(C)OC(=O)NN. The summed E-state index contributed by atoms with van der Waals surface area (Å²) in [6.07, 6.45) is -0.332. The molecular weight excluding hydrogens is 160 g/mol. The van der Waals surface area contributed by atoms with E-state index in [0.717, 1.165) is 0 Å². The first kappa shape index (κ1) is 11.2. The van der Waals surface area contributed by atoms with Crippen molar-refractivity contribution in [2.24, 2.45) is 5.84 Å². The predicted molar refractivity (Wildman–Crippen MR) is 44.2 cm³/mol. The molecule has 2 atom stereocenters. The molecule has 0 fully saturated rings. The maximum absolute atomic E-state index is 10.6. The molecular formula is C7H16N2O3. The van der Waals surface area contributed by atoms with Crippen molar-refractivity contribution in [2.75, 3.05) is 0 Å². The van der Waals surface area contributed by atoms with Gasteiger partial charge in [0.2, 0.25) is 0 Å². The molecule has 0 aliphatic rings. The Labute approximate surface area is 71.9 Å². The molecule has 0 aromatic heterocycles. The Bertz CT molecular complexity index is 141. The minimum Gasteiger partial charge on any atom is -0.446 e. The molecule has 0 aliphatic heterocycles. The summed E-state index contributed by atoms with van der Waals surface area (Å²) in [6, 6.07) is 0. The molecule has 72 valence electrons. The van der Waals surface area contributed by atoms with E-state index in [1.807, 2.05) is 12.3 Å². The first-order chi connectivity index (χ1) is 5.60. The quantitative estimate of drug-likeness (QED) is 0.323. The largest absolute Gasteiger partial charge is 0.446 e. The number of carbonyl (C=O) groups is 1. The zero-order valence-electron chi connectivity index (χ0n) is 7.41. The average molecular weight is 176 g/mol. The fourth-order valence-corrected chi connectivity index (χ4v) is 0.815. The van der Waals surface area contributed by atoms with E-state index >= 15 is 0 Å². The second-order valence-corrected chi connectivity index (χ2v) is 2.66. The summed E-state index contributed by atoms with van der Waals surface area (Å²) in [7, 11) is 0. The van der Waals surface area contributed by atoms with Crippen LogP contribution in [-0.2, 0) is 4.74 Å². The first-order valence-corrected chi connectivity index (χ1v) is 3.95. The van der Waals surface area contributed by atoms with E-state index in [1.54, 1.807) is 6.92 Å². The lowest BCUT2D eigenvalue weighted by Gasteiger charge is -2.15. The standard InChI is InChI=1S/C7H16N2O3/c1-3-6(10)4-5(2)12-7(11)9-8/h5-6,10H,3-4,8H2,1-2H3,(H,9,11). The molecule has 4 N–H and O–H groups in total. The Balaban J connectivity index is 3.58. The molecule has 1 amide bonds. The summed E-state index contributed by atoms with van der Waals surface area (Å²) >= 11 is 0. The van der Waals surface area contributed by atoms with Crippen LogP contribution < -0.4 is 11.3 Å². The summed E-state index contributed by atoms with van der Waals surface area (Å²) in [4.78, 5) is 10.6. The van der Waals surface area contributed by atoms with E-state index < -0.39 is 12.2 Å². The Hall–Kier alpha value is -0.810. The van der Waals surface area contributed by atoms with Crippen molar-refractivity contribution in [3.05, 3.63) is 0 Å². The molecule has 2 unspecified atom stereocenters. The highest BCUT2D eigenvalue weighted by molar-refractivity contribution is 5.66. The predicted octanol–water partition coefficient (Wildman–Crippen LogP) is 0.136. The first-order valence-electron chi connectivity index (χ1n) is 3.95. The number of aliphatic hydroxyl groups is 1. The fourth-order valence-electron chi connectivity index (χ4n) is 0.815. The summed E-state index contributed by atoms with van der Waals surface area (Å²) in [6.45, 7) is 3.56. The second-order valence-electron chi connectivity index (χ2n) is 2.66. The van der Waals surface area contributed by atoms with Crippen molar-refractivity contribution >= 4 is 6.09 Å². The number of ether oxygens (including phenoxy) is 1. The summed E-state index contributed by atoms with van der Waals surface area (Å²) in [5.74, 6) is 4.80. The molecule has 0 saturated carbocycles. The van der Waals surface area contributed by atoms with Crippen LogP contribution in [0.3, 0.4) is 0 Å². The van der Waals surface area contributed by atoms with Gasteiger partial charge < -0.3 is 9.84 Å². The molecule has 12 heavy (non-hydrogen) atoms. The number of rotatable bonds is 4. The molecule has 0 radical (unpaired) electrons. The third-order valence-corrected chi connectivity index (χ3v) is 1.50. The number of hydrogen-bond acceptors (Lipinski definition) is 4. The van der Waals surface area contributed by atoms with Crippen LogP contribution in [0.2, 0.25) is 0 Å². The van der Waals surface area contributed by atoms with Gasteiger partial charge in [0.15, 0.2) is 0 Å². The smallest absolute Gasteiger partial charge is 0.421 e. The monoisotopic (exact) mass is 176 g/mol. The van der Waals surface area contributed by atoms with Gasteiger partial charge in [-0.1, -0.05) is 6.92 Å². The van der Waals surface area contributed by atoms with Gasteiger partial charge in [0.05, 0.1) is 6.10 Å². The fraction of sp³-hybridized carbons (Fsp3) is 0.857. The van der Waals surface area contributed by atoms with Crippen LogP contribution in [-0.4, -0.2) is 23.4 Å². The lowest BCUT2D eigenvalue weighted by Crippen LogP contribution is -2.34. The Kier molecular flexibility index (Phi) is 5.40. The maximum atomic E-state index is 10.6. The lowest BCUT2D eigenvalue weighted by atomic mass is 10.1. The minimum absolute atomic E-state index is 0.316. The van der Waals surface area contributed by atoms with Crippen molar-refractivity contribution in [2.45, 2.75) is 38.9 Å². The summed E-state index contributed by atoms with van der Waals surface area (Å²) < 4.78 is 4.74. The van der Waals surface area contributed by atoms with Gasteiger partial charge in [-0.2, -0.15) is 0 Å². The molecule has 0 bridgehead atoms. The molecule has 0 rings (SSSR count). The normalized spacial score (nSPS) is 15.0. The molecule has 5 nitrogen and oxygen atoms in total. The van der Waals surface area contributed by atoms with Crippen molar-refractivity contribution in [1.29, 1.82) is 0 Å². The van der Waals surface area contributed by atoms with Gasteiger partial charge in [-0.3, -0.25) is 5.43 Å². The number of nitrogens with two attached hydrogens (primary N) is 1. The van der Waals surface area contributed by atoms with Gasteiger partial charge >= 0.3 is 6.09 Å². The highest BCUT2D eigenvalue weighted by Gasteiger charge is 2.11. The highest BCUT2D eigenvalue weighted by Crippen LogP contribution is 2.04. The van der Waals surface area contributed by atoms with Crippen LogP contribution in [0.1, 0.15) is 26.7 Å². The average Bonchev–Trinajstić information content (AvgIpc) is 2.03. The number of aliphatic hydroxyl groups excluding tert-OH is 1. The van der Waals surface area contributed by atoms with Crippen LogP contribution in [0.4, 0.5) is 4.79 Å². The van der Waals surface area contributed by atoms with Gasteiger partial charge in [-0.15, -0.1) is 0 Å². The third kappa shape index (κ3) is 4.92. The van der Waals surface area contributed by atoms with Crippen molar-refractivity contribution in [3.63, 3.8) is 0 Å². The molecule has 0 aromatic rings. The number of amides is 1. The zero-order valence-corrected chi connectivity index (χ0v) is 7.41. The van der Waals surface area contributed by atoms with E-state index in [1.165, 1.54) is 0 Å². The lowest BCUT2D eigenvalue weighted by molar-refractivity contribution is 0.0615. The van der Waals surface area contributed by atoms with E-state index in [-0.39, 0.29) is 6.10 Å². The van der Waals surface area contributed by atoms with E-state index in [0.29, 0.717) is 12.8 Å². The summed E-state index contributed by atoms with van der Waals surface area (Å²) in [5.41, 5.74) is 1.84. The highest BCUT2D eigenvalue weighted by atomic mass is 16.6. The van der Waals surface area contributed by atoms with Crippen LogP contribution in [0.5, 0.6) is 0 Å². The molecule has 0 heterocycles. The van der Waals surface area contributed by atoms with E-state index in [2.05, 4.69) is 0 Å². The van der Waals surface area contributed by atoms with Crippen molar-refractivity contribution in [1.82, 2.24) is 5.43 Å². The van der Waals surface area contributed by atoms with Crippen molar-refractivity contribution < 1.29 is 14.6 Å². The van der Waals surface area contributed by atoms with Crippen LogP contribution >= 0.6 is 0 Å². The molecule has 5 heteroatoms. The summed E-state index contributed by atoms with van der Waals surface area (Å²) in [5, 5.41) is 9.17. The number of hydrazine groups is 1. The van der Waals surface area contributed by atoms with Crippen LogP contribution in [0.25, 0.3) is 0 Å². The van der Waals surface area contributed by atoms with Crippen LogP contribution in [0, 0.1) is 0 Å². The molecule has 0 aliphatic carbocycles. The van der Waals surface area contributed by atoms with Crippen LogP contribution in [0.15, 0.2) is 0 Å². The molecule has 0 aromatic carbocycles. The number of hydrogen-bond donors (Lipinski definition) is 3. The third-order valence-electron chi connectivity index (χ3n) is 1.50. The zero-order chi connectivity index (χ0) is 9.56. The van der Waals surface area contributed by atoms with Gasteiger partial charge in [0.25, 0.3) is 0 Å². The second kappa shape index (κ2) is 5.79. The molecule has 0 saturated heterocycles. The van der Waals surface area contributed by atoms with Crippen molar-refractivity contribution in [3.8, 4) is 0 Å². The van der Waals surface area contributed by atoms with Gasteiger partial charge in [0, 0.05) is 6.42 Å². The Morgan fingerprint density at radius 3 is 2.75 bits per heavy atom. The van der Waals surface area contributed by atoms with Gasteiger partial charge in [-0.25, -0.2) is 10.6 Å². The number of nitrogens with one attached hydrogen (secondary N) is 1.